The largest absolute Gasteiger partial charge is 0.388 e. The average molecular weight is 311 g/mol. The molecule has 0 aliphatic rings. The Labute approximate surface area is 138 Å². The quantitative estimate of drug-likeness (QED) is 0.519. The van der Waals surface area contributed by atoms with Crippen LogP contribution < -0.4 is 0 Å². The highest BCUT2D eigenvalue weighted by Gasteiger charge is 2.22. The highest BCUT2D eigenvalue weighted by molar-refractivity contribution is 5.81. The van der Waals surface area contributed by atoms with E-state index in [1.165, 1.54) is 19.3 Å². The number of rotatable bonds is 11. The first-order chi connectivity index (χ1) is 10.2. The molecule has 22 heavy (non-hydrogen) atoms. The standard InChI is InChI=1S/C20H38O2/c1-8-10-14(3)11-15(4)12-16(5)13-17(6)20(22)18(7)19(21)9-2/h13-16,18,20,22H,8-12H2,1-7H3/b17-13+/t14-,15-,16-,18-,20+/m0/s1. The van der Waals surface area contributed by atoms with Gasteiger partial charge in [0.2, 0.25) is 0 Å². The van der Waals surface area contributed by atoms with Gasteiger partial charge < -0.3 is 5.11 Å². The van der Waals surface area contributed by atoms with Gasteiger partial charge >= 0.3 is 0 Å². The van der Waals surface area contributed by atoms with Crippen molar-refractivity contribution in [3.8, 4) is 0 Å². The van der Waals surface area contributed by atoms with Gasteiger partial charge in [-0.15, -0.1) is 0 Å². The number of carbonyl (C=O) groups is 1. The number of aliphatic hydroxyl groups excluding tert-OH is 1. The van der Waals surface area contributed by atoms with Gasteiger partial charge in [0.05, 0.1) is 6.10 Å². The number of hydrogen-bond donors (Lipinski definition) is 1. The second kappa shape index (κ2) is 11.0. The van der Waals surface area contributed by atoms with E-state index in [9.17, 15) is 9.90 Å². The molecule has 0 heterocycles. The molecule has 0 aromatic carbocycles. The molecule has 0 aliphatic heterocycles. The second-order valence-corrected chi connectivity index (χ2v) is 7.41. The smallest absolute Gasteiger partial charge is 0.138 e. The minimum atomic E-state index is -0.635. The van der Waals surface area contributed by atoms with E-state index in [0.717, 1.165) is 17.9 Å². The lowest BCUT2D eigenvalue weighted by atomic mass is 9.86. The lowest BCUT2D eigenvalue weighted by Gasteiger charge is -2.22. The van der Waals surface area contributed by atoms with Crippen LogP contribution in [0.1, 0.15) is 80.6 Å². The van der Waals surface area contributed by atoms with Crippen molar-refractivity contribution in [3.63, 3.8) is 0 Å². The van der Waals surface area contributed by atoms with Crippen LogP contribution in [0.2, 0.25) is 0 Å². The first-order valence-corrected chi connectivity index (χ1v) is 9.11. The Balaban J connectivity index is 4.47. The molecule has 0 rings (SSSR count). The fourth-order valence-corrected chi connectivity index (χ4v) is 3.54. The van der Waals surface area contributed by atoms with Crippen molar-refractivity contribution >= 4 is 5.78 Å². The van der Waals surface area contributed by atoms with E-state index in [2.05, 4.69) is 33.8 Å². The van der Waals surface area contributed by atoms with E-state index in [4.69, 9.17) is 0 Å². The van der Waals surface area contributed by atoms with E-state index < -0.39 is 6.10 Å². The summed E-state index contributed by atoms with van der Waals surface area (Å²) in [7, 11) is 0. The summed E-state index contributed by atoms with van der Waals surface area (Å²) in [4.78, 5) is 11.7. The Bertz CT molecular complexity index is 346. The fourth-order valence-electron chi connectivity index (χ4n) is 3.54. The molecule has 0 aromatic rings. The third-order valence-corrected chi connectivity index (χ3v) is 4.70. The van der Waals surface area contributed by atoms with Crippen molar-refractivity contribution in [2.24, 2.45) is 23.7 Å². The van der Waals surface area contributed by atoms with Crippen molar-refractivity contribution in [1.82, 2.24) is 0 Å². The minimum absolute atomic E-state index is 0.134. The second-order valence-electron chi connectivity index (χ2n) is 7.41. The first kappa shape index (κ1) is 21.4. The SMILES string of the molecule is CCC[C@H](C)C[C@H](C)C[C@H](C)/C=C(\C)[C@@H](O)[C@@H](C)C(=O)CC. The maximum absolute atomic E-state index is 11.7. The molecule has 0 amide bonds. The van der Waals surface area contributed by atoms with Crippen LogP contribution in [-0.4, -0.2) is 17.0 Å². The van der Waals surface area contributed by atoms with Gasteiger partial charge in [-0.2, -0.15) is 0 Å². The van der Waals surface area contributed by atoms with Crippen LogP contribution in [0.4, 0.5) is 0 Å². The van der Waals surface area contributed by atoms with E-state index in [1.807, 2.05) is 20.8 Å². The molecule has 0 radical (unpaired) electrons. The van der Waals surface area contributed by atoms with Gasteiger partial charge in [0, 0.05) is 12.3 Å². The van der Waals surface area contributed by atoms with Gasteiger partial charge in [-0.3, -0.25) is 4.79 Å². The fraction of sp³-hybridized carbons (Fsp3) is 0.850. The van der Waals surface area contributed by atoms with E-state index in [0.29, 0.717) is 18.3 Å². The third kappa shape index (κ3) is 8.12. The third-order valence-electron chi connectivity index (χ3n) is 4.70. The zero-order valence-corrected chi connectivity index (χ0v) is 15.9. The summed E-state index contributed by atoms with van der Waals surface area (Å²) in [6.07, 6.45) is 7.01. The highest BCUT2D eigenvalue weighted by Crippen LogP contribution is 2.25. The van der Waals surface area contributed by atoms with Crippen LogP contribution in [0.15, 0.2) is 11.6 Å². The van der Waals surface area contributed by atoms with E-state index in [-0.39, 0.29) is 11.7 Å². The van der Waals surface area contributed by atoms with Gasteiger partial charge in [0.1, 0.15) is 5.78 Å². The Morgan fingerprint density at radius 2 is 1.64 bits per heavy atom. The number of aliphatic hydroxyl groups is 1. The number of ketones is 1. The molecule has 2 nitrogen and oxygen atoms in total. The van der Waals surface area contributed by atoms with Crippen LogP contribution in [-0.2, 0) is 4.79 Å². The molecule has 5 atom stereocenters. The summed E-state index contributed by atoms with van der Waals surface area (Å²) in [5.74, 6) is 1.78. The highest BCUT2D eigenvalue weighted by atomic mass is 16.3. The van der Waals surface area contributed by atoms with Crippen molar-refractivity contribution < 1.29 is 9.90 Å². The molecular formula is C20H38O2. The topological polar surface area (TPSA) is 37.3 Å². The molecule has 1 N–H and O–H groups in total. The lowest BCUT2D eigenvalue weighted by molar-refractivity contribution is -0.124. The number of carbonyl (C=O) groups excluding carboxylic acids is 1. The molecule has 130 valence electrons. The predicted molar refractivity (Wildman–Crippen MR) is 95.9 cm³/mol. The van der Waals surface area contributed by atoms with Crippen molar-refractivity contribution in [1.29, 1.82) is 0 Å². The number of Topliss-reactive ketones (excluding diaryl/α,β-unsaturated/α-hetero) is 1. The normalized spacial score (nSPS) is 19.4. The molecule has 2 heteroatoms. The van der Waals surface area contributed by atoms with Crippen LogP contribution in [0.5, 0.6) is 0 Å². The molecule has 0 fully saturated rings. The zero-order valence-electron chi connectivity index (χ0n) is 15.9. The van der Waals surface area contributed by atoms with Gasteiger partial charge in [-0.1, -0.05) is 60.5 Å². The van der Waals surface area contributed by atoms with E-state index >= 15 is 0 Å². The number of allylic oxidation sites excluding steroid dienone is 1. The Hall–Kier alpha value is -0.630. The number of hydrogen-bond acceptors (Lipinski definition) is 2. The monoisotopic (exact) mass is 310 g/mol. The molecule has 0 saturated heterocycles. The van der Waals surface area contributed by atoms with Gasteiger partial charge in [-0.25, -0.2) is 0 Å². The molecule has 0 unspecified atom stereocenters. The molecule has 0 bridgehead atoms. The molecule has 0 aliphatic carbocycles. The van der Waals surface area contributed by atoms with Crippen LogP contribution >= 0.6 is 0 Å². The molecule has 0 spiro atoms. The summed E-state index contributed by atoms with van der Waals surface area (Å²) >= 11 is 0. The maximum atomic E-state index is 11.7. The van der Waals surface area contributed by atoms with E-state index in [1.54, 1.807) is 0 Å². The van der Waals surface area contributed by atoms with Crippen LogP contribution in [0.3, 0.4) is 0 Å². The maximum Gasteiger partial charge on any atom is 0.138 e. The van der Waals surface area contributed by atoms with Gasteiger partial charge in [-0.05, 0) is 43.1 Å². The average Bonchev–Trinajstić information content (AvgIpc) is 2.44. The first-order valence-electron chi connectivity index (χ1n) is 9.11. The lowest BCUT2D eigenvalue weighted by Crippen LogP contribution is -2.26. The molecule has 0 aromatic heterocycles. The summed E-state index contributed by atoms with van der Waals surface area (Å²) in [5.41, 5.74) is 0.940. The predicted octanol–water partition coefficient (Wildman–Crippen LogP) is 5.40. The summed E-state index contributed by atoms with van der Waals surface area (Å²) in [6, 6.07) is 0. The minimum Gasteiger partial charge on any atom is -0.388 e. The summed E-state index contributed by atoms with van der Waals surface area (Å²) in [6.45, 7) is 14.8. The van der Waals surface area contributed by atoms with Gasteiger partial charge in [0.15, 0.2) is 0 Å². The van der Waals surface area contributed by atoms with Crippen molar-refractivity contribution in [2.75, 3.05) is 0 Å². The van der Waals surface area contributed by atoms with Crippen molar-refractivity contribution in [2.45, 2.75) is 86.7 Å². The Kier molecular flexibility index (Phi) is 10.7. The summed E-state index contributed by atoms with van der Waals surface area (Å²) in [5, 5.41) is 10.3. The Morgan fingerprint density at radius 3 is 2.14 bits per heavy atom. The van der Waals surface area contributed by atoms with Crippen LogP contribution in [0, 0.1) is 23.7 Å². The molecular weight excluding hydrogens is 272 g/mol. The molecule has 0 saturated carbocycles. The van der Waals surface area contributed by atoms with Crippen LogP contribution in [0.25, 0.3) is 0 Å². The zero-order chi connectivity index (χ0) is 17.3. The summed E-state index contributed by atoms with van der Waals surface area (Å²) < 4.78 is 0. The van der Waals surface area contributed by atoms with Crippen molar-refractivity contribution in [3.05, 3.63) is 11.6 Å². The van der Waals surface area contributed by atoms with Gasteiger partial charge in [0.25, 0.3) is 0 Å². The Morgan fingerprint density at radius 1 is 1.05 bits per heavy atom.